The third-order valence-corrected chi connectivity index (χ3v) is 5.04. The maximum atomic E-state index is 11.5. The summed E-state index contributed by atoms with van der Waals surface area (Å²) < 4.78 is 27.4. The van der Waals surface area contributed by atoms with E-state index < -0.39 is 10.0 Å². The number of hydrogen-bond donors (Lipinski definition) is 0. The molecule has 0 unspecified atom stereocenters. The van der Waals surface area contributed by atoms with Gasteiger partial charge in [0, 0.05) is 18.5 Å². The third-order valence-electron chi connectivity index (χ3n) is 1.84. The molecule has 0 aromatic rings. The Labute approximate surface area is 106 Å². The van der Waals surface area contributed by atoms with Gasteiger partial charge in [-0.1, -0.05) is 36.4 Å². The molecule has 0 radical (unpaired) electrons. The molecule has 0 heterocycles. The van der Waals surface area contributed by atoms with Crippen molar-refractivity contribution in [2.24, 2.45) is 9.81 Å². The van der Waals surface area contributed by atoms with E-state index in [0.717, 1.165) is 4.43 Å². The second-order valence-electron chi connectivity index (χ2n) is 4.52. The van der Waals surface area contributed by atoms with Gasteiger partial charge < -0.3 is 4.90 Å². The van der Waals surface area contributed by atoms with Gasteiger partial charge in [-0.3, -0.25) is 0 Å². The summed E-state index contributed by atoms with van der Waals surface area (Å²) in [5.74, 6) is 0.118. The molecule has 0 N–H and O–H groups in total. The van der Waals surface area contributed by atoms with Gasteiger partial charge in [0.15, 0.2) is 0 Å². The van der Waals surface area contributed by atoms with E-state index in [1.807, 2.05) is 0 Å². The monoisotopic (exact) mass is 346 g/mol. The smallest absolute Gasteiger partial charge is 0.254 e. The maximum absolute atomic E-state index is 11.5. The minimum absolute atomic E-state index is 0.0568. The standard InChI is InChI=1S/C9H19IN2O2S/c1-9(2,7-10)5-6-15(13,14)11-8-12(3)4/h8H,5-7H2,1-4H3/b11-8+. The third kappa shape index (κ3) is 8.01. The molecule has 0 bridgehead atoms. The molecule has 0 atom stereocenters. The summed E-state index contributed by atoms with van der Waals surface area (Å²) in [4.78, 5) is 1.61. The summed E-state index contributed by atoms with van der Waals surface area (Å²) in [6, 6.07) is 0. The molecule has 0 aromatic heterocycles. The van der Waals surface area contributed by atoms with Crippen molar-refractivity contribution in [2.75, 3.05) is 24.3 Å². The topological polar surface area (TPSA) is 49.7 Å². The van der Waals surface area contributed by atoms with Crippen molar-refractivity contribution in [2.45, 2.75) is 20.3 Å². The Balaban J connectivity index is 4.29. The van der Waals surface area contributed by atoms with E-state index in [1.165, 1.54) is 6.34 Å². The Morgan fingerprint density at radius 2 is 1.93 bits per heavy atom. The molecule has 0 spiro atoms. The molecule has 0 fully saturated rings. The second kappa shape index (κ2) is 6.03. The molecule has 0 aliphatic rings. The van der Waals surface area contributed by atoms with E-state index in [2.05, 4.69) is 40.8 Å². The van der Waals surface area contributed by atoms with Crippen LogP contribution in [0, 0.1) is 5.41 Å². The highest BCUT2D eigenvalue weighted by Crippen LogP contribution is 2.23. The van der Waals surface area contributed by atoms with Gasteiger partial charge >= 0.3 is 0 Å². The SMILES string of the molecule is CN(C)/C=N/S(=O)(=O)CCC(C)(C)CI. The fourth-order valence-electron chi connectivity index (χ4n) is 0.691. The molecule has 0 aliphatic carbocycles. The Kier molecular flexibility index (Phi) is 6.09. The van der Waals surface area contributed by atoms with E-state index in [-0.39, 0.29) is 11.2 Å². The number of sulfonamides is 1. The summed E-state index contributed by atoms with van der Waals surface area (Å²) in [6.45, 7) is 4.12. The van der Waals surface area contributed by atoms with Crippen LogP contribution in [-0.4, -0.2) is 43.9 Å². The lowest BCUT2D eigenvalue weighted by Gasteiger charge is -2.20. The van der Waals surface area contributed by atoms with Crippen molar-refractivity contribution >= 4 is 39.0 Å². The Hall–Kier alpha value is 0.150. The molecule has 15 heavy (non-hydrogen) atoms. The molecule has 0 saturated carbocycles. The van der Waals surface area contributed by atoms with Gasteiger partial charge in [0.25, 0.3) is 10.0 Å². The predicted octanol–water partition coefficient (Wildman–Crippen LogP) is 1.76. The molecule has 0 saturated heterocycles. The molecular formula is C9H19IN2O2S. The summed E-state index contributed by atoms with van der Waals surface area (Å²) in [5.41, 5.74) is 0.0568. The van der Waals surface area contributed by atoms with Crippen LogP contribution in [0.2, 0.25) is 0 Å². The van der Waals surface area contributed by atoms with Gasteiger partial charge in [-0.25, -0.2) is 8.42 Å². The molecule has 6 heteroatoms. The van der Waals surface area contributed by atoms with Gasteiger partial charge in [-0.15, -0.1) is 0 Å². The molecule has 0 rings (SSSR count). The van der Waals surface area contributed by atoms with Crippen molar-refractivity contribution in [1.29, 1.82) is 0 Å². The van der Waals surface area contributed by atoms with Crippen LogP contribution in [0.4, 0.5) is 0 Å². The van der Waals surface area contributed by atoms with Crippen LogP contribution in [0.3, 0.4) is 0 Å². The minimum atomic E-state index is -3.30. The van der Waals surface area contributed by atoms with Crippen LogP contribution in [0.5, 0.6) is 0 Å². The lowest BCUT2D eigenvalue weighted by atomic mass is 9.94. The fraction of sp³-hybridized carbons (Fsp3) is 0.889. The van der Waals surface area contributed by atoms with Gasteiger partial charge in [0.05, 0.1) is 5.75 Å². The molecular weight excluding hydrogens is 327 g/mol. The summed E-state index contributed by atoms with van der Waals surface area (Å²) in [7, 11) is 0.192. The average Bonchev–Trinajstić information content (AvgIpc) is 2.13. The molecule has 0 aromatic carbocycles. The predicted molar refractivity (Wildman–Crippen MR) is 73.3 cm³/mol. The van der Waals surface area contributed by atoms with Gasteiger partial charge in [0.1, 0.15) is 6.34 Å². The first-order valence-electron chi connectivity index (χ1n) is 4.69. The van der Waals surface area contributed by atoms with Gasteiger partial charge in [-0.2, -0.15) is 4.40 Å². The Bertz CT molecular complexity index is 310. The second-order valence-corrected chi connectivity index (χ2v) is 7.06. The lowest BCUT2D eigenvalue weighted by Crippen LogP contribution is -2.19. The van der Waals surface area contributed by atoms with E-state index >= 15 is 0 Å². The Morgan fingerprint density at radius 3 is 2.33 bits per heavy atom. The highest BCUT2D eigenvalue weighted by Gasteiger charge is 2.19. The zero-order valence-electron chi connectivity index (χ0n) is 9.70. The van der Waals surface area contributed by atoms with Crippen LogP contribution in [0.15, 0.2) is 4.40 Å². The molecule has 4 nitrogen and oxygen atoms in total. The summed E-state index contributed by atoms with van der Waals surface area (Å²) >= 11 is 2.27. The molecule has 0 amide bonds. The number of nitrogens with zero attached hydrogens (tertiary/aromatic N) is 2. The fourth-order valence-corrected chi connectivity index (χ4v) is 2.32. The van der Waals surface area contributed by atoms with E-state index in [4.69, 9.17) is 0 Å². The zero-order valence-corrected chi connectivity index (χ0v) is 12.7. The number of hydrogen-bond acceptors (Lipinski definition) is 2. The van der Waals surface area contributed by atoms with Crippen molar-refractivity contribution in [3.05, 3.63) is 0 Å². The first-order chi connectivity index (χ1) is 6.68. The maximum Gasteiger partial charge on any atom is 0.254 e. The van der Waals surface area contributed by atoms with Crippen molar-refractivity contribution in [3.63, 3.8) is 0 Å². The van der Waals surface area contributed by atoms with Crippen LogP contribution >= 0.6 is 22.6 Å². The van der Waals surface area contributed by atoms with Crippen LogP contribution < -0.4 is 0 Å². The van der Waals surface area contributed by atoms with E-state index in [0.29, 0.717) is 6.42 Å². The minimum Gasteiger partial charge on any atom is -0.368 e. The van der Waals surface area contributed by atoms with Gasteiger partial charge in [-0.05, 0) is 11.8 Å². The molecule has 90 valence electrons. The summed E-state index contributed by atoms with van der Waals surface area (Å²) in [6.07, 6.45) is 1.97. The quantitative estimate of drug-likeness (QED) is 0.319. The first-order valence-corrected chi connectivity index (χ1v) is 7.82. The highest BCUT2D eigenvalue weighted by atomic mass is 127. The first kappa shape index (κ1) is 15.2. The van der Waals surface area contributed by atoms with Crippen molar-refractivity contribution in [1.82, 2.24) is 4.90 Å². The average molecular weight is 346 g/mol. The molecule has 0 aliphatic heterocycles. The highest BCUT2D eigenvalue weighted by molar-refractivity contribution is 14.1. The Morgan fingerprint density at radius 1 is 1.40 bits per heavy atom. The van der Waals surface area contributed by atoms with Crippen molar-refractivity contribution < 1.29 is 8.42 Å². The van der Waals surface area contributed by atoms with Crippen LogP contribution in [0.25, 0.3) is 0 Å². The largest absolute Gasteiger partial charge is 0.368 e. The number of rotatable bonds is 6. The number of halogens is 1. The lowest BCUT2D eigenvalue weighted by molar-refractivity contribution is 0.414. The van der Waals surface area contributed by atoms with Crippen molar-refractivity contribution in [3.8, 4) is 0 Å². The normalized spacial score (nSPS) is 13.4. The zero-order chi connectivity index (χ0) is 12.1. The van der Waals surface area contributed by atoms with Gasteiger partial charge in [0.2, 0.25) is 0 Å². The van der Waals surface area contributed by atoms with Crippen LogP contribution in [-0.2, 0) is 10.0 Å². The van der Waals surface area contributed by atoms with Crippen LogP contribution in [0.1, 0.15) is 20.3 Å². The van der Waals surface area contributed by atoms with E-state index in [9.17, 15) is 8.42 Å². The number of alkyl halides is 1. The summed E-state index contributed by atoms with van der Waals surface area (Å²) in [5, 5.41) is 0. The van der Waals surface area contributed by atoms with E-state index in [1.54, 1.807) is 19.0 Å².